The van der Waals surface area contributed by atoms with E-state index in [0.29, 0.717) is 12.1 Å². The van der Waals surface area contributed by atoms with Gasteiger partial charge in [0.1, 0.15) is 5.78 Å². The maximum atomic E-state index is 11.0. The molecule has 0 fully saturated rings. The van der Waals surface area contributed by atoms with E-state index in [1.165, 1.54) is 0 Å². The smallest absolute Gasteiger partial charge is 0.141 e. The Hall–Kier alpha value is -0.660. The van der Waals surface area contributed by atoms with Crippen LogP contribution in [0.2, 0.25) is 0 Å². The van der Waals surface area contributed by atoms with Crippen molar-refractivity contribution in [3.8, 4) is 0 Å². The van der Waals surface area contributed by atoms with Crippen molar-refractivity contribution in [1.82, 2.24) is 0 Å². The van der Waals surface area contributed by atoms with Gasteiger partial charge in [-0.25, -0.2) is 0 Å². The molecule has 0 bridgehead atoms. The van der Waals surface area contributed by atoms with Crippen LogP contribution in [0.15, 0.2) is 0 Å². The molecular weight excluding hydrogens is 126 g/mol. The zero-order chi connectivity index (χ0) is 8.15. The minimum Gasteiger partial charge on any atom is -0.309 e. The quantitative estimate of drug-likeness (QED) is 0.598. The summed E-state index contributed by atoms with van der Waals surface area (Å²) in [5.41, 5.74) is 0.495. The highest BCUT2D eigenvalue weighted by Gasteiger charge is 2.15. The lowest BCUT2D eigenvalue weighted by Crippen LogP contribution is -2.19. The molecular formula is C8H15NO. The zero-order valence-electron chi connectivity index (χ0n) is 6.90. The molecule has 0 spiro atoms. The van der Waals surface area contributed by atoms with E-state index in [2.05, 4.69) is 0 Å². The number of Topliss-reactive ketones (excluding diaryl/α,β-unsaturated/α-hetero) is 1. The Morgan fingerprint density at radius 2 is 2.00 bits per heavy atom. The first-order valence-corrected chi connectivity index (χ1v) is 3.71. The molecule has 58 valence electrons. The lowest BCUT2D eigenvalue weighted by Gasteiger charge is -2.09. The van der Waals surface area contributed by atoms with Crippen LogP contribution in [0.5, 0.6) is 0 Å². The van der Waals surface area contributed by atoms with Crippen molar-refractivity contribution in [1.29, 1.82) is 5.41 Å². The lowest BCUT2D eigenvalue weighted by atomic mass is 9.95. The van der Waals surface area contributed by atoms with Crippen molar-refractivity contribution in [2.45, 2.75) is 33.6 Å². The molecule has 0 saturated heterocycles. The van der Waals surface area contributed by atoms with Gasteiger partial charge in [-0.2, -0.15) is 0 Å². The molecule has 0 aromatic heterocycles. The predicted octanol–water partition coefficient (Wildman–Crippen LogP) is 2.03. The maximum absolute atomic E-state index is 11.0. The summed E-state index contributed by atoms with van der Waals surface area (Å²) in [5, 5.41) is 7.26. The van der Waals surface area contributed by atoms with Gasteiger partial charge in [-0.1, -0.05) is 13.8 Å². The highest BCUT2D eigenvalue weighted by atomic mass is 16.1. The summed E-state index contributed by atoms with van der Waals surface area (Å²) in [6.45, 7) is 5.48. The minimum atomic E-state index is -0.120. The SMILES string of the molecule is CCC(=O)C(CC)C(C)=N. The molecule has 0 aliphatic carbocycles. The second kappa shape index (κ2) is 4.20. The summed E-state index contributed by atoms with van der Waals surface area (Å²) < 4.78 is 0. The second-order valence-electron chi connectivity index (χ2n) is 2.46. The number of nitrogens with one attached hydrogen (secondary N) is 1. The van der Waals surface area contributed by atoms with Crippen LogP contribution in [0.4, 0.5) is 0 Å². The molecule has 0 aliphatic rings. The van der Waals surface area contributed by atoms with Gasteiger partial charge in [0.15, 0.2) is 0 Å². The van der Waals surface area contributed by atoms with Crippen molar-refractivity contribution in [2.75, 3.05) is 0 Å². The largest absolute Gasteiger partial charge is 0.309 e. The standard InChI is InChI=1S/C8H15NO/c1-4-7(6(3)9)8(10)5-2/h7,9H,4-5H2,1-3H3. The van der Waals surface area contributed by atoms with E-state index in [4.69, 9.17) is 5.41 Å². The summed E-state index contributed by atoms with van der Waals surface area (Å²) >= 11 is 0. The average molecular weight is 141 g/mol. The molecule has 1 N–H and O–H groups in total. The highest BCUT2D eigenvalue weighted by Crippen LogP contribution is 2.07. The third-order valence-electron chi connectivity index (χ3n) is 1.67. The van der Waals surface area contributed by atoms with Gasteiger partial charge < -0.3 is 5.41 Å². The topological polar surface area (TPSA) is 40.9 Å². The first-order valence-electron chi connectivity index (χ1n) is 3.71. The van der Waals surface area contributed by atoms with E-state index in [0.717, 1.165) is 6.42 Å². The molecule has 0 rings (SSSR count). The number of rotatable bonds is 4. The summed E-state index contributed by atoms with van der Waals surface area (Å²) in [4.78, 5) is 11.0. The van der Waals surface area contributed by atoms with Crippen LogP contribution >= 0.6 is 0 Å². The molecule has 1 unspecified atom stereocenters. The second-order valence-corrected chi connectivity index (χ2v) is 2.46. The molecule has 0 aromatic carbocycles. The molecule has 2 nitrogen and oxygen atoms in total. The zero-order valence-corrected chi connectivity index (χ0v) is 6.90. The maximum Gasteiger partial charge on any atom is 0.141 e. The van der Waals surface area contributed by atoms with Crippen LogP contribution in [0.25, 0.3) is 0 Å². The van der Waals surface area contributed by atoms with Crippen LogP contribution in [0, 0.1) is 11.3 Å². The molecule has 0 heterocycles. The third kappa shape index (κ3) is 2.29. The van der Waals surface area contributed by atoms with Gasteiger partial charge in [-0.15, -0.1) is 0 Å². The molecule has 1 atom stereocenters. The minimum absolute atomic E-state index is 0.120. The van der Waals surface area contributed by atoms with E-state index in [1.54, 1.807) is 6.92 Å². The number of hydrogen-bond donors (Lipinski definition) is 1. The Bertz CT molecular complexity index is 140. The Morgan fingerprint density at radius 1 is 1.50 bits per heavy atom. The Morgan fingerprint density at radius 3 is 2.10 bits per heavy atom. The van der Waals surface area contributed by atoms with E-state index >= 15 is 0 Å². The van der Waals surface area contributed by atoms with Crippen molar-refractivity contribution in [3.05, 3.63) is 0 Å². The number of carbonyl (C=O) groups excluding carboxylic acids is 1. The number of ketones is 1. The average Bonchev–Trinajstić information content (AvgIpc) is 1.88. The fourth-order valence-electron chi connectivity index (χ4n) is 1.02. The van der Waals surface area contributed by atoms with Gasteiger partial charge in [0.05, 0.1) is 5.92 Å². The molecule has 0 saturated carbocycles. The Kier molecular flexibility index (Phi) is 3.93. The van der Waals surface area contributed by atoms with E-state index in [9.17, 15) is 4.79 Å². The van der Waals surface area contributed by atoms with Gasteiger partial charge >= 0.3 is 0 Å². The normalized spacial score (nSPS) is 12.7. The molecule has 0 aromatic rings. The highest BCUT2D eigenvalue weighted by molar-refractivity contribution is 6.02. The Balaban J connectivity index is 4.06. The van der Waals surface area contributed by atoms with Gasteiger partial charge in [0.2, 0.25) is 0 Å². The van der Waals surface area contributed by atoms with Crippen LogP contribution in [0.3, 0.4) is 0 Å². The monoisotopic (exact) mass is 141 g/mol. The summed E-state index contributed by atoms with van der Waals surface area (Å²) in [6, 6.07) is 0. The molecule has 0 radical (unpaired) electrons. The van der Waals surface area contributed by atoms with Crippen LogP contribution in [-0.2, 0) is 4.79 Å². The predicted molar refractivity (Wildman–Crippen MR) is 42.5 cm³/mol. The van der Waals surface area contributed by atoms with Crippen molar-refractivity contribution >= 4 is 11.5 Å². The summed E-state index contributed by atoms with van der Waals surface area (Å²) in [7, 11) is 0. The molecule has 10 heavy (non-hydrogen) atoms. The van der Waals surface area contributed by atoms with Gasteiger partial charge in [0, 0.05) is 12.1 Å². The van der Waals surface area contributed by atoms with Crippen molar-refractivity contribution < 1.29 is 4.79 Å². The van der Waals surface area contributed by atoms with Crippen LogP contribution in [0.1, 0.15) is 33.6 Å². The van der Waals surface area contributed by atoms with Gasteiger partial charge in [-0.05, 0) is 13.3 Å². The van der Waals surface area contributed by atoms with E-state index in [1.807, 2.05) is 13.8 Å². The summed E-state index contributed by atoms with van der Waals surface area (Å²) in [6.07, 6.45) is 1.32. The molecule has 0 amide bonds. The fourth-order valence-corrected chi connectivity index (χ4v) is 1.02. The number of hydrogen-bond acceptors (Lipinski definition) is 2. The molecule has 2 heteroatoms. The van der Waals surface area contributed by atoms with Crippen molar-refractivity contribution in [2.24, 2.45) is 5.92 Å². The van der Waals surface area contributed by atoms with Crippen LogP contribution < -0.4 is 0 Å². The Labute approximate surface area is 62.1 Å². The summed E-state index contributed by atoms with van der Waals surface area (Å²) in [5.74, 6) is 0.0694. The first kappa shape index (κ1) is 9.34. The van der Waals surface area contributed by atoms with Gasteiger partial charge in [0.25, 0.3) is 0 Å². The lowest BCUT2D eigenvalue weighted by molar-refractivity contribution is -0.120. The van der Waals surface area contributed by atoms with E-state index in [-0.39, 0.29) is 11.7 Å². The first-order chi connectivity index (χ1) is 4.63. The number of carbonyl (C=O) groups is 1. The van der Waals surface area contributed by atoms with Crippen molar-refractivity contribution in [3.63, 3.8) is 0 Å². The van der Waals surface area contributed by atoms with Crippen LogP contribution in [-0.4, -0.2) is 11.5 Å². The molecule has 0 aliphatic heterocycles. The fraction of sp³-hybridized carbons (Fsp3) is 0.750. The third-order valence-corrected chi connectivity index (χ3v) is 1.67. The van der Waals surface area contributed by atoms with E-state index < -0.39 is 0 Å². The van der Waals surface area contributed by atoms with Gasteiger partial charge in [-0.3, -0.25) is 4.79 Å².